The summed E-state index contributed by atoms with van der Waals surface area (Å²) in [6.45, 7) is 5.54. The molecule has 0 radical (unpaired) electrons. The zero-order chi connectivity index (χ0) is 13.3. The van der Waals surface area contributed by atoms with Gasteiger partial charge in [0.2, 0.25) is 0 Å². The van der Waals surface area contributed by atoms with Crippen molar-refractivity contribution in [3.8, 4) is 0 Å². The lowest BCUT2D eigenvalue weighted by Crippen LogP contribution is -2.26. The number of nitrogens with zero attached hydrogens (tertiary/aromatic N) is 2. The van der Waals surface area contributed by atoms with Gasteiger partial charge in [-0.2, -0.15) is 0 Å². The van der Waals surface area contributed by atoms with Crippen LogP contribution < -0.4 is 4.72 Å². The molecule has 2 aromatic rings. The minimum absolute atomic E-state index is 0.0459. The summed E-state index contributed by atoms with van der Waals surface area (Å²) >= 11 is 5.89. The summed E-state index contributed by atoms with van der Waals surface area (Å²) in [5.41, 5.74) is 1.20. The lowest BCUT2D eigenvalue weighted by atomic mass is 10.4. The normalized spacial score (nSPS) is 11.9. The first-order chi connectivity index (χ1) is 8.42. The number of sulfonamides is 1. The summed E-state index contributed by atoms with van der Waals surface area (Å²) < 4.78 is 28.1. The highest BCUT2D eigenvalue weighted by atomic mass is 35.5. The van der Waals surface area contributed by atoms with Gasteiger partial charge in [0.15, 0.2) is 10.2 Å². The number of pyridine rings is 1. The van der Waals surface area contributed by atoms with Crippen LogP contribution in [0.5, 0.6) is 0 Å². The fourth-order valence-electron chi connectivity index (χ4n) is 1.47. The number of rotatable bonds is 4. The minimum Gasteiger partial charge on any atom is -0.288 e. The van der Waals surface area contributed by atoms with Crippen molar-refractivity contribution in [2.45, 2.75) is 11.9 Å². The van der Waals surface area contributed by atoms with Gasteiger partial charge < -0.3 is 0 Å². The molecule has 0 aliphatic heterocycles. The molecule has 5 nitrogen and oxygen atoms in total. The molecule has 0 aliphatic carbocycles. The largest absolute Gasteiger partial charge is 0.288 e. The third kappa shape index (κ3) is 2.40. The molecule has 0 unspecified atom stereocenters. The number of hydrogen-bond acceptors (Lipinski definition) is 3. The second-order valence-corrected chi connectivity index (χ2v) is 5.96. The van der Waals surface area contributed by atoms with Crippen LogP contribution in [0.15, 0.2) is 41.6 Å². The Morgan fingerprint density at radius 2 is 2.28 bits per heavy atom. The average Bonchev–Trinajstić information content (AvgIpc) is 2.63. The second-order valence-electron chi connectivity index (χ2n) is 3.92. The van der Waals surface area contributed by atoms with Crippen LogP contribution >= 0.6 is 11.6 Å². The maximum atomic E-state index is 12.1. The van der Waals surface area contributed by atoms with E-state index in [2.05, 4.69) is 16.3 Å². The number of aromatic nitrogens is 2. The smallest absolute Gasteiger partial charge is 0.260 e. The van der Waals surface area contributed by atoms with Gasteiger partial charge in [-0.05, 0) is 19.1 Å². The van der Waals surface area contributed by atoms with Gasteiger partial charge in [0, 0.05) is 12.7 Å². The monoisotopic (exact) mass is 285 g/mol. The SMILES string of the molecule is C=C(C)CNS(=O)(=O)c1c(Cl)nc2ccccn12. The Morgan fingerprint density at radius 3 is 2.94 bits per heavy atom. The van der Waals surface area contributed by atoms with Crippen molar-refractivity contribution in [2.24, 2.45) is 0 Å². The first-order valence-corrected chi connectivity index (χ1v) is 7.04. The Labute approximate surface area is 110 Å². The third-order valence-corrected chi connectivity index (χ3v) is 4.06. The van der Waals surface area contributed by atoms with E-state index in [1.54, 1.807) is 31.3 Å². The number of hydrogen-bond donors (Lipinski definition) is 1. The summed E-state index contributed by atoms with van der Waals surface area (Å²) in [5.74, 6) is 0. The molecule has 0 amide bonds. The predicted molar refractivity (Wildman–Crippen MR) is 70.2 cm³/mol. The van der Waals surface area contributed by atoms with Crippen molar-refractivity contribution >= 4 is 27.3 Å². The van der Waals surface area contributed by atoms with Crippen LogP contribution in [0, 0.1) is 0 Å². The van der Waals surface area contributed by atoms with Gasteiger partial charge in [0.25, 0.3) is 10.0 Å². The first kappa shape index (κ1) is 13.1. The van der Waals surface area contributed by atoms with Gasteiger partial charge in [-0.25, -0.2) is 18.1 Å². The van der Waals surface area contributed by atoms with Crippen molar-refractivity contribution < 1.29 is 8.42 Å². The maximum Gasteiger partial charge on any atom is 0.260 e. The molecule has 0 fully saturated rings. The molecule has 7 heteroatoms. The summed E-state index contributed by atoms with van der Waals surface area (Å²) in [6, 6.07) is 5.16. The van der Waals surface area contributed by atoms with Crippen molar-refractivity contribution in [1.29, 1.82) is 0 Å². The van der Waals surface area contributed by atoms with Crippen LogP contribution in [-0.2, 0) is 10.0 Å². The van der Waals surface area contributed by atoms with E-state index in [0.29, 0.717) is 11.2 Å². The van der Waals surface area contributed by atoms with E-state index in [1.165, 1.54) is 4.40 Å². The Kier molecular flexibility index (Phi) is 3.43. The zero-order valence-electron chi connectivity index (χ0n) is 9.72. The average molecular weight is 286 g/mol. The van der Waals surface area contributed by atoms with Crippen LogP contribution in [0.1, 0.15) is 6.92 Å². The fourth-order valence-corrected chi connectivity index (χ4v) is 3.21. The molecule has 0 saturated heterocycles. The fraction of sp³-hybridized carbons (Fsp3) is 0.182. The molecule has 0 aliphatic rings. The molecule has 96 valence electrons. The van der Waals surface area contributed by atoms with Gasteiger partial charge in [-0.1, -0.05) is 29.8 Å². The quantitative estimate of drug-likeness (QED) is 0.872. The Balaban J connectivity index is 2.53. The minimum atomic E-state index is -3.71. The lowest BCUT2D eigenvalue weighted by molar-refractivity contribution is 0.580. The lowest BCUT2D eigenvalue weighted by Gasteiger charge is -2.06. The van der Waals surface area contributed by atoms with Gasteiger partial charge in [0.05, 0.1) is 0 Å². The molecule has 0 bridgehead atoms. The summed E-state index contributed by atoms with van der Waals surface area (Å²) in [5, 5.41) is -0.101. The van der Waals surface area contributed by atoms with E-state index in [0.717, 1.165) is 0 Å². The number of halogens is 1. The van der Waals surface area contributed by atoms with Gasteiger partial charge in [-0.15, -0.1) is 0 Å². The molecule has 1 N–H and O–H groups in total. The molecular formula is C11H12ClN3O2S. The van der Waals surface area contributed by atoms with E-state index < -0.39 is 10.0 Å². The number of imidazole rings is 1. The highest BCUT2D eigenvalue weighted by molar-refractivity contribution is 7.89. The van der Waals surface area contributed by atoms with Crippen molar-refractivity contribution in [3.05, 3.63) is 41.7 Å². The van der Waals surface area contributed by atoms with Crippen LogP contribution in [-0.4, -0.2) is 24.3 Å². The third-order valence-electron chi connectivity index (χ3n) is 2.26. The Hall–Kier alpha value is -1.37. The molecule has 2 rings (SSSR count). The molecule has 0 aromatic carbocycles. The van der Waals surface area contributed by atoms with E-state index in [4.69, 9.17) is 11.6 Å². The van der Waals surface area contributed by atoms with Crippen LogP contribution in [0.4, 0.5) is 0 Å². The standard InChI is InChI=1S/C11H12ClN3O2S/c1-8(2)7-13-18(16,17)11-10(12)14-9-5-3-4-6-15(9)11/h3-6,13H,1,7H2,2H3. The van der Waals surface area contributed by atoms with E-state index >= 15 is 0 Å². The number of fused-ring (bicyclic) bond motifs is 1. The topological polar surface area (TPSA) is 63.5 Å². The zero-order valence-corrected chi connectivity index (χ0v) is 11.3. The molecule has 0 spiro atoms. The maximum absolute atomic E-state index is 12.1. The number of nitrogens with one attached hydrogen (secondary N) is 1. The van der Waals surface area contributed by atoms with E-state index in [-0.39, 0.29) is 16.7 Å². The molecular weight excluding hydrogens is 274 g/mol. The van der Waals surface area contributed by atoms with E-state index in [9.17, 15) is 8.42 Å². The van der Waals surface area contributed by atoms with Gasteiger partial charge >= 0.3 is 0 Å². The van der Waals surface area contributed by atoms with Crippen molar-refractivity contribution in [3.63, 3.8) is 0 Å². The van der Waals surface area contributed by atoms with Crippen molar-refractivity contribution in [1.82, 2.24) is 14.1 Å². The molecule has 0 atom stereocenters. The molecule has 2 heterocycles. The first-order valence-electron chi connectivity index (χ1n) is 5.18. The van der Waals surface area contributed by atoms with Crippen molar-refractivity contribution in [2.75, 3.05) is 6.54 Å². The van der Waals surface area contributed by atoms with Gasteiger partial charge in [-0.3, -0.25) is 4.40 Å². The van der Waals surface area contributed by atoms with Crippen LogP contribution in [0.2, 0.25) is 5.15 Å². The highest BCUT2D eigenvalue weighted by Crippen LogP contribution is 2.22. The second kappa shape index (κ2) is 4.72. The van der Waals surface area contributed by atoms with E-state index in [1.807, 2.05) is 0 Å². The molecule has 18 heavy (non-hydrogen) atoms. The Bertz CT molecular complexity index is 706. The van der Waals surface area contributed by atoms with Gasteiger partial charge in [0.1, 0.15) is 5.65 Å². The van der Waals surface area contributed by atoms with Crippen LogP contribution in [0.25, 0.3) is 5.65 Å². The van der Waals surface area contributed by atoms with Crippen LogP contribution in [0.3, 0.4) is 0 Å². The Morgan fingerprint density at radius 1 is 1.56 bits per heavy atom. The molecule has 0 saturated carbocycles. The molecule has 2 aromatic heterocycles. The summed E-state index contributed by atoms with van der Waals surface area (Å²) in [4.78, 5) is 3.99. The predicted octanol–water partition coefficient (Wildman–Crippen LogP) is 1.84. The summed E-state index contributed by atoms with van der Waals surface area (Å²) in [6.07, 6.45) is 1.60. The summed E-state index contributed by atoms with van der Waals surface area (Å²) in [7, 11) is -3.71. The highest BCUT2D eigenvalue weighted by Gasteiger charge is 2.23.